The van der Waals surface area contributed by atoms with Gasteiger partial charge in [-0.2, -0.15) is 5.10 Å². The largest absolute Gasteiger partial charge is 0.303 e. The number of halogens is 1. The zero-order chi connectivity index (χ0) is 24.0. The maximum absolute atomic E-state index is 13.4. The molecule has 174 valence electrons. The maximum Gasteiger partial charge on any atom is 0.232 e. The highest BCUT2D eigenvalue weighted by atomic mass is 32.2. The lowest BCUT2D eigenvalue weighted by Gasteiger charge is -2.29. The molecule has 1 amide bonds. The lowest BCUT2D eigenvalue weighted by molar-refractivity contribution is -0.120. The Hall–Kier alpha value is -3.56. The molecule has 3 aromatic carbocycles. The van der Waals surface area contributed by atoms with Crippen LogP contribution in [0.3, 0.4) is 0 Å². The van der Waals surface area contributed by atoms with Gasteiger partial charge in [-0.1, -0.05) is 37.3 Å². The molecule has 3 atom stereocenters. The Morgan fingerprint density at radius 1 is 0.971 bits per heavy atom. The Bertz CT molecular complexity index is 1470. The summed E-state index contributed by atoms with van der Waals surface area (Å²) in [5.74, 6) is -1.05. The predicted molar refractivity (Wildman–Crippen MR) is 129 cm³/mol. The summed E-state index contributed by atoms with van der Waals surface area (Å²) in [6, 6.07) is 19.9. The van der Waals surface area contributed by atoms with Gasteiger partial charge in [-0.15, -0.1) is 0 Å². The quantitative estimate of drug-likeness (QED) is 0.473. The van der Waals surface area contributed by atoms with Crippen molar-refractivity contribution in [2.24, 2.45) is 5.92 Å². The number of benzene rings is 3. The number of nitrogens with zero attached hydrogens (tertiary/aromatic N) is 3. The van der Waals surface area contributed by atoms with E-state index < -0.39 is 28.0 Å². The summed E-state index contributed by atoms with van der Waals surface area (Å²) >= 11 is 0. The Morgan fingerprint density at radius 2 is 1.65 bits per heavy atom. The van der Waals surface area contributed by atoms with Crippen molar-refractivity contribution in [3.8, 4) is 5.69 Å². The van der Waals surface area contributed by atoms with E-state index in [4.69, 9.17) is 0 Å². The van der Waals surface area contributed by atoms with Crippen LogP contribution in [0.1, 0.15) is 18.5 Å². The number of sulfonamides is 1. The zero-order valence-corrected chi connectivity index (χ0v) is 19.4. The first-order valence-electron chi connectivity index (χ1n) is 10.8. The van der Waals surface area contributed by atoms with E-state index in [1.54, 1.807) is 34.8 Å². The molecule has 1 aromatic heterocycles. The highest BCUT2D eigenvalue weighted by Crippen LogP contribution is 2.41. The average Bonchev–Trinajstić information content (AvgIpc) is 3.33. The Kier molecular flexibility index (Phi) is 5.45. The smallest absolute Gasteiger partial charge is 0.232 e. The number of nitrogens with one attached hydrogen (secondary N) is 1. The van der Waals surface area contributed by atoms with Gasteiger partial charge in [0.15, 0.2) is 0 Å². The van der Waals surface area contributed by atoms with E-state index in [-0.39, 0.29) is 11.7 Å². The highest BCUT2D eigenvalue weighted by molar-refractivity contribution is 7.88. The van der Waals surface area contributed by atoms with E-state index >= 15 is 0 Å². The van der Waals surface area contributed by atoms with Crippen molar-refractivity contribution in [1.82, 2.24) is 14.5 Å². The van der Waals surface area contributed by atoms with Gasteiger partial charge >= 0.3 is 0 Å². The van der Waals surface area contributed by atoms with E-state index in [0.717, 1.165) is 28.4 Å². The molecule has 1 N–H and O–H groups in total. The number of aromatic nitrogens is 2. The molecular weight excluding hydrogens is 455 g/mol. The van der Waals surface area contributed by atoms with Crippen LogP contribution in [-0.4, -0.2) is 36.4 Å². The first-order chi connectivity index (χ1) is 16.2. The molecule has 9 heteroatoms. The second kappa shape index (κ2) is 8.34. The molecule has 1 aliphatic heterocycles. The fraction of sp³-hybridized carbons (Fsp3) is 0.200. The summed E-state index contributed by atoms with van der Waals surface area (Å²) in [5.41, 5.74) is 3.00. The molecule has 0 bridgehead atoms. The first kappa shape index (κ1) is 22.2. The monoisotopic (exact) mass is 478 g/mol. The second-order valence-electron chi connectivity index (χ2n) is 8.54. The SMILES string of the molecule is C[C@@H]1C(=O)N(c2ccc3c(cnn3-c3ccc(F)cc3)c2)[C@H](c2ccccc2)[C@H]1NS(C)(=O)=O. The number of fused-ring (bicyclic) bond motifs is 1. The van der Waals surface area contributed by atoms with E-state index in [0.29, 0.717) is 5.69 Å². The van der Waals surface area contributed by atoms with Gasteiger partial charge in [0, 0.05) is 11.1 Å². The predicted octanol–water partition coefficient (Wildman–Crippen LogP) is 3.81. The third kappa shape index (κ3) is 3.97. The molecule has 2 heterocycles. The van der Waals surface area contributed by atoms with E-state index in [1.165, 1.54) is 12.1 Å². The molecule has 7 nitrogen and oxygen atoms in total. The van der Waals surface area contributed by atoms with Crippen molar-refractivity contribution < 1.29 is 17.6 Å². The van der Waals surface area contributed by atoms with Gasteiger partial charge in [-0.3, -0.25) is 4.79 Å². The molecule has 4 aromatic rings. The normalized spacial score (nSPS) is 20.9. The van der Waals surface area contributed by atoms with Crippen LogP contribution < -0.4 is 9.62 Å². The van der Waals surface area contributed by atoms with Crippen LogP contribution in [0.5, 0.6) is 0 Å². The maximum atomic E-state index is 13.4. The third-order valence-corrected chi connectivity index (χ3v) is 6.88. The van der Waals surface area contributed by atoms with Gasteiger partial charge < -0.3 is 4.90 Å². The Balaban J connectivity index is 1.59. The first-order valence-corrected chi connectivity index (χ1v) is 12.7. The van der Waals surface area contributed by atoms with Crippen molar-refractivity contribution >= 4 is 32.5 Å². The molecule has 0 spiro atoms. The van der Waals surface area contributed by atoms with Gasteiger partial charge in [0.05, 0.1) is 41.7 Å². The molecule has 1 aliphatic rings. The molecule has 1 fully saturated rings. The van der Waals surface area contributed by atoms with Crippen molar-refractivity contribution in [2.45, 2.75) is 19.0 Å². The molecule has 0 radical (unpaired) electrons. The topological polar surface area (TPSA) is 84.3 Å². The minimum Gasteiger partial charge on any atom is -0.303 e. The van der Waals surface area contributed by atoms with Crippen LogP contribution >= 0.6 is 0 Å². The fourth-order valence-corrected chi connectivity index (χ4v) is 5.44. The van der Waals surface area contributed by atoms with Crippen LogP contribution in [0.2, 0.25) is 0 Å². The second-order valence-corrected chi connectivity index (χ2v) is 10.3. The van der Waals surface area contributed by atoms with Gasteiger partial charge in [0.1, 0.15) is 5.82 Å². The van der Waals surface area contributed by atoms with Gasteiger partial charge in [-0.25, -0.2) is 22.2 Å². The molecule has 0 unspecified atom stereocenters. The van der Waals surface area contributed by atoms with Gasteiger partial charge in [0.25, 0.3) is 0 Å². The Labute approximate surface area is 196 Å². The summed E-state index contributed by atoms with van der Waals surface area (Å²) in [4.78, 5) is 15.1. The van der Waals surface area contributed by atoms with Crippen LogP contribution in [-0.2, 0) is 14.8 Å². The van der Waals surface area contributed by atoms with Crippen LogP contribution in [0.25, 0.3) is 16.6 Å². The molecule has 0 saturated carbocycles. The summed E-state index contributed by atoms with van der Waals surface area (Å²) < 4.78 is 42.0. The van der Waals surface area contributed by atoms with E-state index in [9.17, 15) is 17.6 Å². The molecule has 0 aliphatic carbocycles. The van der Waals surface area contributed by atoms with Crippen molar-refractivity contribution in [1.29, 1.82) is 0 Å². The number of carbonyl (C=O) groups excluding carboxylic acids is 1. The fourth-order valence-electron chi connectivity index (χ4n) is 4.61. The minimum absolute atomic E-state index is 0.166. The summed E-state index contributed by atoms with van der Waals surface area (Å²) in [5, 5.41) is 5.24. The summed E-state index contributed by atoms with van der Waals surface area (Å²) in [7, 11) is -3.54. The number of hydrogen-bond acceptors (Lipinski definition) is 4. The van der Waals surface area contributed by atoms with Crippen LogP contribution in [0.15, 0.2) is 79.0 Å². The average molecular weight is 479 g/mol. The van der Waals surface area contributed by atoms with Crippen molar-refractivity contribution in [2.75, 3.05) is 11.2 Å². The summed E-state index contributed by atoms with van der Waals surface area (Å²) in [6.07, 6.45) is 2.79. The highest BCUT2D eigenvalue weighted by Gasteiger charge is 2.48. The van der Waals surface area contributed by atoms with Crippen molar-refractivity contribution in [3.63, 3.8) is 0 Å². The third-order valence-electron chi connectivity index (χ3n) is 6.18. The molecule has 5 rings (SSSR count). The molecule has 34 heavy (non-hydrogen) atoms. The molecular formula is C25H23FN4O3S. The van der Waals surface area contributed by atoms with Gasteiger partial charge in [0.2, 0.25) is 15.9 Å². The Morgan fingerprint density at radius 3 is 2.32 bits per heavy atom. The van der Waals surface area contributed by atoms with E-state index in [2.05, 4.69) is 9.82 Å². The number of amides is 1. The van der Waals surface area contributed by atoms with E-state index in [1.807, 2.05) is 48.5 Å². The van der Waals surface area contributed by atoms with Crippen LogP contribution in [0.4, 0.5) is 10.1 Å². The van der Waals surface area contributed by atoms with Crippen LogP contribution in [0, 0.1) is 11.7 Å². The lowest BCUT2D eigenvalue weighted by Crippen LogP contribution is -2.41. The number of carbonyl (C=O) groups is 1. The van der Waals surface area contributed by atoms with Crippen molar-refractivity contribution in [3.05, 3.63) is 90.4 Å². The number of rotatable bonds is 5. The minimum atomic E-state index is -3.54. The molecule has 1 saturated heterocycles. The van der Waals surface area contributed by atoms with Gasteiger partial charge in [-0.05, 0) is 48.0 Å². The number of anilines is 1. The zero-order valence-electron chi connectivity index (χ0n) is 18.6. The standard InChI is InChI=1S/C25H23FN4O3S/c1-16-23(28-34(2,32)33)24(17-6-4-3-5-7-17)29(25(16)31)21-12-13-22-18(14-21)15-27-30(22)20-10-8-19(26)9-11-20/h3-16,23-24,28H,1-2H3/t16-,23-,24+/m0/s1. The lowest BCUT2D eigenvalue weighted by atomic mass is 9.95. The summed E-state index contributed by atoms with van der Waals surface area (Å²) in [6.45, 7) is 1.74. The number of hydrogen-bond donors (Lipinski definition) is 1.